The van der Waals surface area contributed by atoms with Crippen molar-refractivity contribution in [3.8, 4) is 11.8 Å². The lowest BCUT2D eigenvalue weighted by atomic mass is 10.1. The number of nitrogens with one attached hydrogen (secondary N) is 1. The average Bonchev–Trinajstić information content (AvgIpc) is 2.49. The molecule has 2 N–H and O–H groups in total. The lowest BCUT2D eigenvalue weighted by molar-refractivity contribution is 0.102. The van der Waals surface area contributed by atoms with E-state index in [1.165, 1.54) is 0 Å². The van der Waals surface area contributed by atoms with Gasteiger partial charge in [-0.2, -0.15) is 0 Å². The van der Waals surface area contributed by atoms with Crippen LogP contribution in [-0.4, -0.2) is 17.6 Å². The predicted octanol–water partition coefficient (Wildman–Crippen LogP) is 2.90. The summed E-state index contributed by atoms with van der Waals surface area (Å²) in [5.41, 5.74) is 4.15. The monoisotopic (exact) mass is 279 g/mol. The number of hydrogen-bond donors (Lipinski definition) is 2. The minimum atomic E-state index is -0.196. The number of aliphatic hydroxyl groups excluding tert-OH is 1. The van der Waals surface area contributed by atoms with Crippen LogP contribution in [0.4, 0.5) is 5.69 Å². The molecule has 2 aromatic carbocycles. The van der Waals surface area contributed by atoms with Gasteiger partial charge in [-0.15, -0.1) is 0 Å². The zero-order chi connectivity index (χ0) is 15.2. The minimum Gasteiger partial charge on any atom is -0.384 e. The maximum Gasteiger partial charge on any atom is 0.255 e. The molecule has 0 fully saturated rings. The van der Waals surface area contributed by atoms with Crippen molar-refractivity contribution in [1.82, 2.24) is 0 Å². The molecule has 2 rings (SSSR count). The zero-order valence-corrected chi connectivity index (χ0v) is 12.1. The standard InChI is InChI=1S/C18H17NO2/c1-13-6-3-7-14(2)17(13)19-18(21)16-10-4-8-15(12-16)9-5-11-20/h3-4,6-8,10,12,20H,11H2,1-2H3,(H,19,21). The highest BCUT2D eigenvalue weighted by Crippen LogP contribution is 2.20. The van der Waals surface area contributed by atoms with Gasteiger partial charge in [0.2, 0.25) is 0 Å². The van der Waals surface area contributed by atoms with Gasteiger partial charge < -0.3 is 10.4 Å². The van der Waals surface area contributed by atoms with Gasteiger partial charge in [-0.3, -0.25) is 4.79 Å². The third-order valence-corrected chi connectivity index (χ3v) is 3.16. The maximum atomic E-state index is 12.3. The van der Waals surface area contributed by atoms with E-state index < -0.39 is 0 Å². The van der Waals surface area contributed by atoms with E-state index >= 15 is 0 Å². The molecule has 3 heteroatoms. The fourth-order valence-corrected chi connectivity index (χ4v) is 2.08. The van der Waals surface area contributed by atoms with E-state index in [1.54, 1.807) is 24.3 Å². The Kier molecular flexibility index (Phi) is 4.76. The third-order valence-electron chi connectivity index (χ3n) is 3.16. The highest BCUT2D eigenvalue weighted by molar-refractivity contribution is 6.05. The van der Waals surface area contributed by atoms with Crippen molar-refractivity contribution in [1.29, 1.82) is 0 Å². The molecule has 0 saturated carbocycles. The second kappa shape index (κ2) is 6.74. The Morgan fingerprint density at radius 1 is 1.14 bits per heavy atom. The quantitative estimate of drug-likeness (QED) is 0.830. The molecule has 0 aromatic heterocycles. The highest BCUT2D eigenvalue weighted by atomic mass is 16.2. The van der Waals surface area contributed by atoms with E-state index in [4.69, 9.17) is 5.11 Å². The Morgan fingerprint density at radius 2 is 1.81 bits per heavy atom. The van der Waals surface area contributed by atoms with Gasteiger partial charge in [0.05, 0.1) is 0 Å². The van der Waals surface area contributed by atoms with Crippen LogP contribution in [0.1, 0.15) is 27.0 Å². The molecule has 3 nitrogen and oxygen atoms in total. The van der Waals surface area contributed by atoms with Crippen LogP contribution >= 0.6 is 0 Å². The van der Waals surface area contributed by atoms with Gasteiger partial charge in [0.25, 0.3) is 5.91 Å². The first-order chi connectivity index (χ1) is 10.1. The van der Waals surface area contributed by atoms with Crippen molar-refractivity contribution in [2.45, 2.75) is 13.8 Å². The summed E-state index contributed by atoms with van der Waals surface area (Å²) in [4.78, 5) is 12.3. The first kappa shape index (κ1) is 14.8. The fourth-order valence-electron chi connectivity index (χ4n) is 2.08. The summed E-state index contributed by atoms with van der Waals surface area (Å²) in [6.07, 6.45) is 0. The molecule has 0 bridgehead atoms. The number of anilines is 1. The number of aliphatic hydroxyl groups is 1. The Bertz CT molecular complexity index is 703. The molecule has 0 spiro atoms. The molecule has 0 radical (unpaired) electrons. The molecule has 2 aromatic rings. The molecule has 0 aliphatic rings. The Hall–Kier alpha value is -2.57. The Balaban J connectivity index is 2.25. The molecule has 1 amide bonds. The number of carbonyl (C=O) groups excluding carboxylic acids is 1. The van der Waals surface area contributed by atoms with Gasteiger partial charge in [0.15, 0.2) is 0 Å². The van der Waals surface area contributed by atoms with Crippen molar-refractivity contribution < 1.29 is 9.90 Å². The Morgan fingerprint density at radius 3 is 2.48 bits per heavy atom. The summed E-state index contributed by atoms with van der Waals surface area (Å²) in [6, 6.07) is 12.9. The van der Waals surface area contributed by atoms with Gasteiger partial charge in [-0.1, -0.05) is 36.1 Å². The minimum absolute atomic E-state index is 0.167. The molecule has 0 saturated heterocycles. The van der Waals surface area contributed by atoms with Crippen LogP contribution in [0.25, 0.3) is 0 Å². The third kappa shape index (κ3) is 3.71. The summed E-state index contributed by atoms with van der Waals surface area (Å²) >= 11 is 0. The first-order valence-corrected chi connectivity index (χ1v) is 6.69. The summed E-state index contributed by atoms with van der Waals surface area (Å²) in [7, 11) is 0. The van der Waals surface area contributed by atoms with E-state index in [2.05, 4.69) is 17.2 Å². The van der Waals surface area contributed by atoms with Crippen molar-refractivity contribution in [2.24, 2.45) is 0 Å². The first-order valence-electron chi connectivity index (χ1n) is 6.69. The number of carbonyl (C=O) groups is 1. The van der Waals surface area contributed by atoms with Gasteiger partial charge in [-0.25, -0.2) is 0 Å². The molecule has 0 unspecified atom stereocenters. The predicted molar refractivity (Wildman–Crippen MR) is 84.3 cm³/mol. The van der Waals surface area contributed by atoms with Crippen molar-refractivity contribution in [2.75, 3.05) is 11.9 Å². The van der Waals surface area contributed by atoms with E-state index in [0.717, 1.165) is 16.8 Å². The fraction of sp³-hybridized carbons (Fsp3) is 0.167. The summed E-state index contributed by atoms with van der Waals surface area (Å²) in [5, 5.41) is 11.7. The van der Waals surface area contributed by atoms with Crippen molar-refractivity contribution >= 4 is 11.6 Å². The number of para-hydroxylation sites is 1. The van der Waals surface area contributed by atoms with E-state index in [0.29, 0.717) is 11.1 Å². The van der Waals surface area contributed by atoms with Crippen LogP contribution < -0.4 is 5.32 Å². The van der Waals surface area contributed by atoms with Crippen LogP contribution in [0.3, 0.4) is 0 Å². The van der Waals surface area contributed by atoms with Gasteiger partial charge in [0, 0.05) is 16.8 Å². The summed E-state index contributed by atoms with van der Waals surface area (Å²) in [6.45, 7) is 3.73. The number of rotatable bonds is 2. The van der Waals surface area contributed by atoms with Gasteiger partial charge in [0.1, 0.15) is 6.61 Å². The molecular formula is C18H17NO2. The molecule has 106 valence electrons. The largest absolute Gasteiger partial charge is 0.384 e. The molecule has 0 atom stereocenters. The average molecular weight is 279 g/mol. The lowest BCUT2D eigenvalue weighted by Gasteiger charge is -2.11. The highest BCUT2D eigenvalue weighted by Gasteiger charge is 2.09. The molecule has 21 heavy (non-hydrogen) atoms. The molecule has 0 aliphatic heterocycles. The van der Waals surface area contributed by atoms with E-state index in [-0.39, 0.29) is 12.5 Å². The smallest absolute Gasteiger partial charge is 0.255 e. The number of aryl methyl sites for hydroxylation is 2. The topological polar surface area (TPSA) is 49.3 Å². The van der Waals surface area contributed by atoms with Crippen LogP contribution in [0.2, 0.25) is 0 Å². The lowest BCUT2D eigenvalue weighted by Crippen LogP contribution is -2.13. The SMILES string of the molecule is Cc1cccc(C)c1NC(=O)c1cccc(C#CCO)c1. The molecule has 0 aliphatic carbocycles. The van der Waals surface area contributed by atoms with Crippen molar-refractivity contribution in [3.05, 3.63) is 64.7 Å². The number of amides is 1. The molecular weight excluding hydrogens is 262 g/mol. The van der Waals surface area contributed by atoms with Gasteiger partial charge >= 0.3 is 0 Å². The second-order valence-electron chi connectivity index (χ2n) is 4.76. The van der Waals surface area contributed by atoms with E-state index in [1.807, 2.05) is 32.0 Å². The van der Waals surface area contributed by atoms with E-state index in [9.17, 15) is 4.79 Å². The number of benzene rings is 2. The summed E-state index contributed by atoms with van der Waals surface area (Å²) < 4.78 is 0. The second-order valence-corrected chi connectivity index (χ2v) is 4.76. The van der Waals surface area contributed by atoms with Crippen LogP contribution in [-0.2, 0) is 0 Å². The Labute approximate surface area is 124 Å². The molecule has 0 heterocycles. The van der Waals surface area contributed by atoms with Gasteiger partial charge in [-0.05, 0) is 43.2 Å². The van der Waals surface area contributed by atoms with Crippen LogP contribution in [0, 0.1) is 25.7 Å². The maximum absolute atomic E-state index is 12.3. The number of hydrogen-bond acceptors (Lipinski definition) is 2. The van der Waals surface area contributed by atoms with Crippen LogP contribution in [0.5, 0.6) is 0 Å². The summed E-state index contributed by atoms with van der Waals surface area (Å²) in [5.74, 6) is 5.20. The van der Waals surface area contributed by atoms with Crippen molar-refractivity contribution in [3.63, 3.8) is 0 Å². The zero-order valence-electron chi connectivity index (χ0n) is 12.1. The van der Waals surface area contributed by atoms with Crippen LogP contribution in [0.15, 0.2) is 42.5 Å². The normalized spacial score (nSPS) is 9.67.